The number of imidazole rings is 1. The summed E-state index contributed by atoms with van der Waals surface area (Å²) in [6.45, 7) is 1.34. The Morgan fingerprint density at radius 3 is 2.62 bits per heavy atom. The standard InChI is InChI=1S/C16H15N3O2/c17-11-5-2-1-4-10(11)16-18-12-8-14-15(9-13(12)19-16)21-7-3-6-20-14/h1-2,4-5,8-9H,3,6-7,17H2,(H,18,19). The number of nitrogen functional groups attached to an aromatic ring is 1. The fourth-order valence-electron chi connectivity index (χ4n) is 2.51. The van der Waals surface area contributed by atoms with Gasteiger partial charge in [-0.3, -0.25) is 0 Å². The van der Waals surface area contributed by atoms with Crippen LogP contribution < -0.4 is 15.2 Å². The zero-order valence-corrected chi connectivity index (χ0v) is 11.4. The molecule has 0 saturated heterocycles. The van der Waals surface area contributed by atoms with Gasteiger partial charge in [-0.25, -0.2) is 4.98 Å². The molecule has 0 unspecified atom stereocenters. The number of H-pyrrole nitrogens is 1. The molecule has 0 radical (unpaired) electrons. The Morgan fingerprint density at radius 1 is 1.05 bits per heavy atom. The fourth-order valence-corrected chi connectivity index (χ4v) is 2.51. The first-order valence-electron chi connectivity index (χ1n) is 6.95. The molecule has 2 heterocycles. The normalized spacial score (nSPS) is 14.1. The van der Waals surface area contributed by atoms with Gasteiger partial charge in [0, 0.05) is 29.8 Å². The highest BCUT2D eigenvalue weighted by atomic mass is 16.5. The van der Waals surface area contributed by atoms with Gasteiger partial charge in [-0.1, -0.05) is 12.1 Å². The summed E-state index contributed by atoms with van der Waals surface area (Å²) >= 11 is 0. The summed E-state index contributed by atoms with van der Waals surface area (Å²) in [5.74, 6) is 2.26. The summed E-state index contributed by atoms with van der Waals surface area (Å²) in [5, 5.41) is 0. The van der Waals surface area contributed by atoms with Crippen LogP contribution in [0.2, 0.25) is 0 Å². The second kappa shape index (κ2) is 4.70. The Kier molecular flexibility index (Phi) is 2.70. The van der Waals surface area contributed by atoms with E-state index in [1.54, 1.807) is 0 Å². The Bertz CT molecular complexity index is 767. The van der Waals surface area contributed by atoms with Crippen LogP contribution in [0.5, 0.6) is 11.5 Å². The zero-order chi connectivity index (χ0) is 14.2. The van der Waals surface area contributed by atoms with Crippen molar-refractivity contribution in [3.63, 3.8) is 0 Å². The molecule has 2 aromatic carbocycles. The number of hydrogen-bond acceptors (Lipinski definition) is 4. The number of benzene rings is 2. The number of fused-ring (bicyclic) bond motifs is 2. The predicted octanol–water partition coefficient (Wildman–Crippen LogP) is 2.97. The van der Waals surface area contributed by atoms with Gasteiger partial charge >= 0.3 is 0 Å². The number of rotatable bonds is 1. The Hall–Kier alpha value is -2.69. The maximum Gasteiger partial charge on any atom is 0.163 e. The number of anilines is 1. The number of nitrogens with one attached hydrogen (secondary N) is 1. The number of aromatic amines is 1. The van der Waals surface area contributed by atoms with E-state index in [0.717, 1.165) is 40.3 Å². The monoisotopic (exact) mass is 281 g/mol. The van der Waals surface area contributed by atoms with Crippen LogP contribution in [0.15, 0.2) is 36.4 Å². The SMILES string of the molecule is Nc1ccccc1-c1nc2cc3c(cc2[nH]1)OCCCO3. The second-order valence-corrected chi connectivity index (χ2v) is 5.04. The fraction of sp³-hybridized carbons (Fsp3) is 0.188. The molecule has 5 heteroatoms. The maximum absolute atomic E-state index is 6.01. The van der Waals surface area contributed by atoms with Crippen molar-refractivity contribution >= 4 is 16.7 Å². The van der Waals surface area contributed by atoms with E-state index >= 15 is 0 Å². The lowest BCUT2D eigenvalue weighted by Crippen LogP contribution is -1.97. The second-order valence-electron chi connectivity index (χ2n) is 5.04. The molecule has 1 aliphatic heterocycles. The highest BCUT2D eigenvalue weighted by molar-refractivity contribution is 5.85. The molecule has 0 bridgehead atoms. The van der Waals surface area contributed by atoms with E-state index in [0.29, 0.717) is 18.9 Å². The van der Waals surface area contributed by atoms with Crippen molar-refractivity contribution in [2.75, 3.05) is 18.9 Å². The molecular formula is C16H15N3O2. The van der Waals surface area contributed by atoms with E-state index in [1.165, 1.54) is 0 Å². The quantitative estimate of drug-likeness (QED) is 0.672. The summed E-state index contributed by atoms with van der Waals surface area (Å²) in [5.41, 5.74) is 9.36. The molecule has 0 atom stereocenters. The van der Waals surface area contributed by atoms with Crippen LogP contribution >= 0.6 is 0 Å². The van der Waals surface area contributed by atoms with E-state index in [2.05, 4.69) is 9.97 Å². The van der Waals surface area contributed by atoms with E-state index in [4.69, 9.17) is 15.2 Å². The van der Waals surface area contributed by atoms with Crippen molar-refractivity contribution in [1.82, 2.24) is 9.97 Å². The molecule has 3 N–H and O–H groups in total. The van der Waals surface area contributed by atoms with Crippen LogP contribution in [0.4, 0.5) is 5.69 Å². The van der Waals surface area contributed by atoms with Gasteiger partial charge in [0.1, 0.15) is 5.82 Å². The average molecular weight is 281 g/mol. The lowest BCUT2D eigenvalue weighted by Gasteiger charge is -2.05. The lowest BCUT2D eigenvalue weighted by atomic mass is 10.2. The molecule has 0 aliphatic carbocycles. The first-order chi connectivity index (χ1) is 10.3. The van der Waals surface area contributed by atoms with Crippen LogP contribution in [0.3, 0.4) is 0 Å². The molecule has 106 valence electrons. The molecule has 0 fully saturated rings. The van der Waals surface area contributed by atoms with E-state index in [-0.39, 0.29) is 0 Å². The van der Waals surface area contributed by atoms with Gasteiger partial charge in [0.2, 0.25) is 0 Å². The van der Waals surface area contributed by atoms with E-state index in [1.807, 2.05) is 36.4 Å². The van der Waals surface area contributed by atoms with Crippen molar-refractivity contribution in [3.8, 4) is 22.9 Å². The van der Waals surface area contributed by atoms with Crippen LogP contribution in [0.1, 0.15) is 6.42 Å². The summed E-state index contributed by atoms with van der Waals surface area (Å²) < 4.78 is 11.4. The van der Waals surface area contributed by atoms with Crippen molar-refractivity contribution in [2.45, 2.75) is 6.42 Å². The first-order valence-corrected chi connectivity index (χ1v) is 6.95. The van der Waals surface area contributed by atoms with Crippen LogP contribution in [0, 0.1) is 0 Å². The number of hydrogen-bond donors (Lipinski definition) is 2. The molecular weight excluding hydrogens is 266 g/mol. The number of para-hydroxylation sites is 1. The van der Waals surface area contributed by atoms with Gasteiger partial charge in [-0.05, 0) is 12.1 Å². The number of ether oxygens (including phenoxy) is 2. The Labute approximate surface area is 121 Å². The lowest BCUT2D eigenvalue weighted by molar-refractivity contribution is 0.297. The molecule has 0 saturated carbocycles. The van der Waals surface area contributed by atoms with Gasteiger partial charge < -0.3 is 20.2 Å². The first kappa shape index (κ1) is 12.1. The van der Waals surface area contributed by atoms with Gasteiger partial charge in [-0.2, -0.15) is 0 Å². The minimum atomic E-state index is 0.668. The summed E-state index contributed by atoms with van der Waals surface area (Å²) in [6.07, 6.45) is 0.891. The van der Waals surface area contributed by atoms with Gasteiger partial charge in [-0.15, -0.1) is 0 Å². The van der Waals surface area contributed by atoms with E-state index in [9.17, 15) is 0 Å². The third-order valence-corrected chi connectivity index (χ3v) is 3.57. The molecule has 1 aliphatic rings. The zero-order valence-electron chi connectivity index (χ0n) is 11.4. The van der Waals surface area contributed by atoms with Crippen LogP contribution in [-0.4, -0.2) is 23.2 Å². The number of aromatic nitrogens is 2. The van der Waals surface area contributed by atoms with E-state index < -0.39 is 0 Å². The highest BCUT2D eigenvalue weighted by Gasteiger charge is 2.15. The minimum absolute atomic E-state index is 0.668. The molecule has 3 aromatic rings. The molecule has 0 amide bonds. The molecule has 5 nitrogen and oxygen atoms in total. The number of nitrogens with zero attached hydrogens (tertiary/aromatic N) is 1. The summed E-state index contributed by atoms with van der Waals surface area (Å²) in [4.78, 5) is 7.91. The molecule has 4 rings (SSSR count). The number of nitrogens with two attached hydrogens (primary N) is 1. The van der Waals surface area contributed by atoms with Gasteiger partial charge in [0.05, 0.1) is 24.2 Å². The largest absolute Gasteiger partial charge is 0.489 e. The average Bonchev–Trinajstić information content (AvgIpc) is 2.75. The van der Waals surface area contributed by atoms with Crippen molar-refractivity contribution in [1.29, 1.82) is 0 Å². The third kappa shape index (κ3) is 2.07. The third-order valence-electron chi connectivity index (χ3n) is 3.57. The van der Waals surface area contributed by atoms with Crippen molar-refractivity contribution < 1.29 is 9.47 Å². The Morgan fingerprint density at radius 2 is 1.81 bits per heavy atom. The summed E-state index contributed by atoms with van der Waals surface area (Å²) in [7, 11) is 0. The van der Waals surface area contributed by atoms with Crippen molar-refractivity contribution in [2.24, 2.45) is 0 Å². The molecule has 1 aromatic heterocycles. The maximum atomic E-state index is 6.01. The van der Waals surface area contributed by atoms with Crippen molar-refractivity contribution in [3.05, 3.63) is 36.4 Å². The molecule has 0 spiro atoms. The van der Waals surface area contributed by atoms with Gasteiger partial charge in [0.15, 0.2) is 11.5 Å². The highest BCUT2D eigenvalue weighted by Crippen LogP contribution is 2.35. The Balaban J connectivity index is 1.85. The predicted molar refractivity (Wildman–Crippen MR) is 81.5 cm³/mol. The van der Waals surface area contributed by atoms with Crippen LogP contribution in [-0.2, 0) is 0 Å². The minimum Gasteiger partial charge on any atom is -0.489 e. The van der Waals surface area contributed by atoms with Crippen LogP contribution in [0.25, 0.3) is 22.4 Å². The molecule has 21 heavy (non-hydrogen) atoms. The summed E-state index contributed by atoms with van der Waals surface area (Å²) in [6, 6.07) is 11.5. The topological polar surface area (TPSA) is 73.2 Å². The van der Waals surface area contributed by atoms with Gasteiger partial charge in [0.25, 0.3) is 0 Å². The smallest absolute Gasteiger partial charge is 0.163 e.